The van der Waals surface area contributed by atoms with Gasteiger partial charge >= 0.3 is 5.97 Å². The Hall–Kier alpha value is -0.860. The summed E-state index contributed by atoms with van der Waals surface area (Å²) in [5, 5.41) is 0. The van der Waals surface area contributed by atoms with Crippen molar-refractivity contribution in [2.24, 2.45) is 0 Å². The number of esters is 1. The molecule has 0 saturated carbocycles. The molecule has 0 N–H and O–H groups in total. The van der Waals surface area contributed by atoms with Crippen LogP contribution in [-0.4, -0.2) is 18.9 Å². The van der Waals surface area contributed by atoms with E-state index in [-0.39, 0.29) is 5.97 Å². The minimum Gasteiger partial charge on any atom is -0.469 e. The minimum absolute atomic E-state index is 0.103. The molecule has 0 aromatic rings. The maximum atomic E-state index is 11.8. The van der Waals surface area contributed by atoms with Crippen molar-refractivity contribution in [1.29, 1.82) is 0 Å². The van der Waals surface area contributed by atoms with Crippen LogP contribution in [0.5, 0.6) is 0 Å². The normalized spacial score (nSPS) is 10.7. The molecule has 0 heterocycles. The van der Waals surface area contributed by atoms with Gasteiger partial charge in [0.25, 0.3) is 0 Å². The Morgan fingerprint density at radius 1 is 0.609 bits per heavy atom. The van der Waals surface area contributed by atoms with Gasteiger partial charge in [0, 0.05) is 19.3 Å². The van der Waals surface area contributed by atoms with Crippen LogP contribution in [0.4, 0.5) is 0 Å². The van der Waals surface area contributed by atoms with Crippen molar-refractivity contribution in [1.82, 2.24) is 0 Å². The lowest BCUT2D eigenvalue weighted by atomic mass is 10.0. The zero-order valence-electron chi connectivity index (χ0n) is 15.5. The van der Waals surface area contributed by atoms with Gasteiger partial charge < -0.3 is 4.74 Å². The van der Waals surface area contributed by atoms with Gasteiger partial charge in [0.2, 0.25) is 0 Å². The molecule has 0 bridgehead atoms. The van der Waals surface area contributed by atoms with Crippen molar-refractivity contribution in [3.8, 4) is 0 Å². The standard InChI is InChI=1S/C20H38O3/c1-3-4-5-6-10-13-16-19(21)17-14-11-8-7-9-12-15-18-20(22)23-2/h3-18H2,1-2H3. The first kappa shape index (κ1) is 22.1. The first-order chi connectivity index (χ1) is 11.2. The molecular formula is C20H38O3. The number of carbonyl (C=O) groups is 2. The molecule has 0 radical (unpaired) electrons. The molecular weight excluding hydrogens is 288 g/mol. The van der Waals surface area contributed by atoms with Crippen LogP contribution in [0.3, 0.4) is 0 Å². The Kier molecular flexibility index (Phi) is 16.8. The fourth-order valence-corrected chi connectivity index (χ4v) is 2.80. The third kappa shape index (κ3) is 17.3. The molecule has 0 aromatic heterocycles. The largest absolute Gasteiger partial charge is 0.469 e. The van der Waals surface area contributed by atoms with E-state index in [1.807, 2.05) is 0 Å². The lowest BCUT2D eigenvalue weighted by Gasteiger charge is -2.03. The van der Waals surface area contributed by atoms with E-state index in [0.29, 0.717) is 12.2 Å². The number of unbranched alkanes of at least 4 members (excludes halogenated alkanes) is 11. The minimum atomic E-state index is -0.103. The van der Waals surface area contributed by atoms with Gasteiger partial charge in [-0.3, -0.25) is 9.59 Å². The van der Waals surface area contributed by atoms with E-state index in [2.05, 4.69) is 11.7 Å². The predicted molar refractivity (Wildman–Crippen MR) is 96.6 cm³/mol. The first-order valence-corrected chi connectivity index (χ1v) is 9.79. The molecule has 0 fully saturated rings. The quantitative estimate of drug-likeness (QED) is 0.243. The average molecular weight is 327 g/mol. The second-order valence-corrected chi connectivity index (χ2v) is 6.61. The second kappa shape index (κ2) is 17.5. The first-order valence-electron chi connectivity index (χ1n) is 9.79. The molecule has 0 aromatic carbocycles. The van der Waals surface area contributed by atoms with Crippen LogP contribution in [0, 0.1) is 0 Å². The Labute approximate surface area is 143 Å². The van der Waals surface area contributed by atoms with Crippen molar-refractivity contribution in [3.63, 3.8) is 0 Å². The van der Waals surface area contributed by atoms with E-state index < -0.39 is 0 Å². The Morgan fingerprint density at radius 3 is 1.43 bits per heavy atom. The van der Waals surface area contributed by atoms with E-state index >= 15 is 0 Å². The Morgan fingerprint density at radius 2 is 1.00 bits per heavy atom. The molecule has 3 heteroatoms. The SMILES string of the molecule is CCCCCCCCC(=O)CCCCCCCCCC(=O)OC. The third-order valence-corrected chi connectivity index (χ3v) is 4.37. The summed E-state index contributed by atoms with van der Waals surface area (Å²) in [5.41, 5.74) is 0. The van der Waals surface area contributed by atoms with Gasteiger partial charge in [0.1, 0.15) is 5.78 Å². The van der Waals surface area contributed by atoms with Crippen LogP contribution in [0.15, 0.2) is 0 Å². The van der Waals surface area contributed by atoms with Crippen LogP contribution in [0.25, 0.3) is 0 Å². The lowest BCUT2D eigenvalue weighted by Crippen LogP contribution is -1.99. The van der Waals surface area contributed by atoms with Crippen molar-refractivity contribution in [2.75, 3.05) is 7.11 Å². The highest BCUT2D eigenvalue weighted by Gasteiger charge is 2.02. The molecule has 0 spiro atoms. The number of hydrogen-bond acceptors (Lipinski definition) is 3. The highest BCUT2D eigenvalue weighted by Crippen LogP contribution is 2.12. The summed E-state index contributed by atoms with van der Waals surface area (Å²) in [4.78, 5) is 22.7. The fraction of sp³-hybridized carbons (Fsp3) is 0.900. The zero-order chi connectivity index (χ0) is 17.2. The molecule has 0 unspecified atom stereocenters. The number of methoxy groups -OCH3 is 1. The second-order valence-electron chi connectivity index (χ2n) is 6.61. The molecule has 0 aliphatic heterocycles. The molecule has 0 aliphatic carbocycles. The summed E-state index contributed by atoms with van der Waals surface area (Å²) < 4.78 is 4.61. The van der Waals surface area contributed by atoms with Gasteiger partial charge in [0.05, 0.1) is 7.11 Å². The maximum absolute atomic E-state index is 11.8. The Balaban J connectivity index is 3.19. The van der Waals surface area contributed by atoms with Gasteiger partial charge in [-0.1, -0.05) is 71.1 Å². The molecule has 136 valence electrons. The van der Waals surface area contributed by atoms with Gasteiger partial charge in [-0.15, -0.1) is 0 Å². The van der Waals surface area contributed by atoms with Gasteiger partial charge in [-0.2, -0.15) is 0 Å². The van der Waals surface area contributed by atoms with Crippen LogP contribution in [0.1, 0.15) is 110 Å². The molecule has 23 heavy (non-hydrogen) atoms. The molecule has 3 nitrogen and oxygen atoms in total. The van der Waals surface area contributed by atoms with E-state index in [4.69, 9.17) is 0 Å². The topological polar surface area (TPSA) is 43.4 Å². The average Bonchev–Trinajstić information content (AvgIpc) is 2.56. The Bertz CT molecular complexity index is 287. The molecule has 0 saturated heterocycles. The summed E-state index contributed by atoms with van der Waals surface area (Å²) >= 11 is 0. The van der Waals surface area contributed by atoms with Gasteiger partial charge in [-0.05, 0) is 19.3 Å². The summed E-state index contributed by atoms with van der Waals surface area (Å²) in [7, 11) is 1.44. The van der Waals surface area contributed by atoms with Gasteiger partial charge in [0.15, 0.2) is 0 Å². The predicted octanol–water partition coefficient (Wildman–Crippen LogP) is 5.99. The van der Waals surface area contributed by atoms with E-state index in [9.17, 15) is 9.59 Å². The summed E-state index contributed by atoms with van der Waals surface area (Å²) in [5.74, 6) is 0.354. The van der Waals surface area contributed by atoms with Crippen LogP contribution in [-0.2, 0) is 14.3 Å². The monoisotopic (exact) mass is 326 g/mol. The van der Waals surface area contributed by atoms with Crippen molar-refractivity contribution in [3.05, 3.63) is 0 Å². The molecule has 0 atom stereocenters. The fourth-order valence-electron chi connectivity index (χ4n) is 2.80. The molecule has 0 amide bonds. The number of ketones is 1. The lowest BCUT2D eigenvalue weighted by molar-refractivity contribution is -0.140. The number of hydrogen-bond donors (Lipinski definition) is 0. The zero-order valence-corrected chi connectivity index (χ0v) is 15.5. The van der Waals surface area contributed by atoms with Crippen molar-refractivity contribution < 1.29 is 14.3 Å². The summed E-state index contributed by atoms with van der Waals surface area (Å²) in [6, 6.07) is 0. The van der Waals surface area contributed by atoms with Crippen LogP contribution >= 0.6 is 0 Å². The summed E-state index contributed by atoms with van der Waals surface area (Å²) in [6.07, 6.45) is 17.5. The van der Waals surface area contributed by atoms with E-state index in [0.717, 1.165) is 38.5 Å². The van der Waals surface area contributed by atoms with Gasteiger partial charge in [-0.25, -0.2) is 0 Å². The van der Waals surface area contributed by atoms with Crippen molar-refractivity contribution >= 4 is 11.8 Å². The third-order valence-electron chi connectivity index (χ3n) is 4.37. The van der Waals surface area contributed by atoms with Crippen molar-refractivity contribution in [2.45, 2.75) is 110 Å². The van der Waals surface area contributed by atoms with E-state index in [1.165, 1.54) is 64.9 Å². The molecule has 0 aliphatic rings. The number of rotatable bonds is 17. The number of carbonyl (C=O) groups excluding carboxylic acids is 2. The summed E-state index contributed by atoms with van der Waals surface area (Å²) in [6.45, 7) is 2.23. The highest BCUT2D eigenvalue weighted by atomic mass is 16.5. The smallest absolute Gasteiger partial charge is 0.305 e. The maximum Gasteiger partial charge on any atom is 0.305 e. The molecule has 0 rings (SSSR count). The van der Waals surface area contributed by atoms with Crippen LogP contribution < -0.4 is 0 Å². The highest BCUT2D eigenvalue weighted by molar-refractivity contribution is 5.78. The number of Topliss-reactive ketones (excluding diaryl/α,β-unsaturated/α-hetero) is 1. The van der Waals surface area contributed by atoms with E-state index in [1.54, 1.807) is 0 Å². The van der Waals surface area contributed by atoms with Crippen LogP contribution in [0.2, 0.25) is 0 Å². The number of ether oxygens (including phenoxy) is 1.